The van der Waals surface area contributed by atoms with Crippen LogP contribution in [0.5, 0.6) is 0 Å². The third-order valence-corrected chi connectivity index (χ3v) is 7.38. The standard InChI is InChI=1S/C28H36ClN5O4/c1-3-5-7-15-33-24(32-16-8-10-23(32)26(36)30-21(27(37)38)9-6-4-2)17-25(35)34-18-22(31-28(33)34)19-11-13-20(29)14-12-19/h11-14,17-18,21,23H,3-10,15-16H2,1-2H3,(H,30,36)(H,37,38)/t21-,23+/m1/s1. The van der Waals surface area contributed by atoms with Crippen molar-refractivity contribution in [1.29, 1.82) is 0 Å². The van der Waals surface area contributed by atoms with E-state index in [1.165, 1.54) is 0 Å². The van der Waals surface area contributed by atoms with Gasteiger partial charge in [0.15, 0.2) is 0 Å². The van der Waals surface area contributed by atoms with E-state index >= 15 is 0 Å². The Bertz CT molecular complexity index is 1330. The lowest BCUT2D eigenvalue weighted by molar-refractivity contribution is -0.142. The van der Waals surface area contributed by atoms with Crippen molar-refractivity contribution >= 4 is 35.1 Å². The number of nitrogens with zero attached hydrogens (tertiary/aromatic N) is 4. The Morgan fingerprint density at radius 2 is 1.89 bits per heavy atom. The van der Waals surface area contributed by atoms with Crippen molar-refractivity contribution in [3.63, 3.8) is 0 Å². The third-order valence-electron chi connectivity index (χ3n) is 7.13. The maximum Gasteiger partial charge on any atom is 0.326 e. The number of anilines is 1. The van der Waals surface area contributed by atoms with Gasteiger partial charge < -0.3 is 15.3 Å². The van der Waals surface area contributed by atoms with Crippen molar-refractivity contribution in [2.75, 3.05) is 11.4 Å². The lowest BCUT2D eigenvalue weighted by Gasteiger charge is -2.29. The molecule has 0 aliphatic carbocycles. The van der Waals surface area contributed by atoms with Crippen molar-refractivity contribution in [3.05, 3.63) is 51.9 Å². The maximum atomic E-state index is 13.3. The maximum absolute atomic E-state index is 13.3. The highest BCUT2D eigenvalue weighted by Gasteiger charge is 2.35. The monoisotopic (exact) mass is 541 g/mol. The van der Waals surface area contributed by atoms with Gasteiger partial charge in [0.2, 0.25) is 11.7 Å². The molecule has 1 saturated heterocycles. The zero-order valence-electron chi connectivity index (χ0n) is 22.0. The topological polar surface area (TPSA) is 109 Å². The van der Waals surface area contributed by atoms with E-state index in [1.807, 2.05) is 28.5 Å². The van der Waals surface area contributed by atoms with Gasteiger partial charge in [-0.15, -0.1) is 0 Å². The van der Waals surface area contributed by atoms with Gasteiger partial charge in [0.25, 0.3) is 5.56 Å². The molecule has 0 unspecified atom stereocenters. The average molecular weight is 542 g/mol. The number of amides is 1. The Hall–Kier alpha value is -3.33. The summed E-state index contributed by atoms with van der Waals surface area (Å²) in [5.41, 5.74) is 1.28. The molecule has 2 N–H and O–H groups in total. The fourth-order valence-electron chi connectivity index (χ4n) is 5.06. The Labute approximate surface area is 227 Å². The van der Waals surface area contributed by atoms with Gasteiger partial charge in [-0.25, -0.2) is 9.78 Å². The quantitative estimate of drug-likeness (QED) is 0.321. The minimum absolute atomic E-state index is 0.230. The number of hydrogen-bond acceptors (Lipinski definition) is 5. The summed E-state index contributed by atoms with van der Waals surface area (Å²) in [5, 5.41) is 13.0. The molecule has 38 heavy (non-hydrogen) atoms. The zero-order chi connectivity index (χ0) is 27.2. The normalized spacial score (nSPS) is 16.2. The van der Waals surface area contributed by atoms with Crippen LogP contribution in [0.1, 0.15) is 65.2 Å². The van der Waals surface area contributed by atoms with Crippen LogP contribution in [0.25, 0.3) is 17.0 Å². The number of hydrogen-bond donors (Lipinski definition) is 2. The van der Waals surface area contributed by atoms with E-state index in [0.29, 0.717) is 48.2 Å². The van der Waals surface area contributed by atoms with Gasteiger partial charge in [0.1, 0.15) is 17.9 Å². The molecule has 1 fully saturated rings. The summed E-state index contributed by atoms with van der Waals surface area (Å²) in [6.07, 6.45) is 8.00. The summed E-state index contributed by atoms with van der Waals surface area (Å²) in [7, 11) is 0. The van der Waals surface area contributed by atoms with E-state index in [0.717, 1.165) is 44.1 Å². The van der Waals surface area contributed by atoms with Crippen LogP contribution in [0.3, 0.4) is 0 Å². The molecule has 1 aliphatic heterocycles. The largest absolute Gasteiger partial charge is 0.480 e. The van der Waals surface area contributed by atoms with Crippen LogP contribution in [-0.4, -0.2) is 49.6 Å². The van der Waals surface area contributed by atoms with Crippen LogP contribution in [0.2, 0.25) is 5.02 Å². The van der Waals surface area contributed by atoms with Crippen LogP contribution in [0.15, 0.2) is 41.3 Å². The van der Waals surface area contributed by atoms with Gasteiger partial charge in [-0.05, 0) is 37.8 Å². The predicted molar refractivity (Wildman–Crippen MR) is 149 cm³/mol. The molecule has 2 atom stereocenters. The lowest BCUT2D eigenvalue weighted by Crippen LogP contribution is -2.50. The van der Waals surface area contributed by atoms with E-state index in [-0.39, 0.29) is 11.5 Å². The first-order valence-corrected chi connectivity index (χ1v) is 13.9. The molecule has 1 aliphatic rings. The van der Waals surface area contributed by atoms with Crippen molar-refractivity contribution in [3.8, 4) is 11.3 Å². The first-order valence-electron chi connectivity index (χ1n) is 13.5. The molecule has 2 aromatic heterocycles. The molecule has 0 saturated carbocycles. The van der Waals surface area contributed by atoms with Crippen molar-refractivity contribution in [2.45, 2.75) is 83.8 Å². The molecule has 3 aromatic rings. The van der Waals surface area contributed by atoms with Crippen molar-refractivity contribution in [1.82, 2.24) is 19.3 Å². The number of fused-ring (bicyclic) bond motifs is 1. The molecule has 1 amide bonds. The fourth-order valence-corrected chi connectivity index (χ4v) is 5.19. The summed E-state index contributed by atoms with van der Waals surface area (Å²) < 4.78 is 3.57. The van der Waals surface area contributed by atoms with Crippen LogP contribution in [0.4, 0.5) is 5.82 Å². The second-order valence-corrected chi connectivity index (χ2v) is 10.3. The molecule has 0 radical (unpaired) electrons. The smallest absolute Gasteiger partial charge is 0.326 e. The number of unbranched alkanes of at least 4 members (excludes halogenated alkanes) is 3. The molecule has 1 aromatic carbocycles. The summed E-state index contributed by atoms with van der Waals surface area (Å²) in [6.45, 7) is 5.36. The summed E-state index contributed by atoms with van der Waals surface area (Å²) in [4.78, 5) is 45.1. The Morgan fingerprint density at radius 3 is 2.58 bits per heavy atom. The van der Waals surface area contributed by atoms with Crippen LogP contribution >= 0.6 is 11.6 Å². The van der Waals surface area contributed by atoms with Crippen LogP contribution in [0, 0.1) is 0 Å². The minimum atomic E-state index is -1.03. The van der Waals surface area contributed by atoms with Crippen LogP contribution < -0.4 is 15.8 Å². The summed E-state index contributed by atoms with van der Waals surface area (Å²) in [5.74, 6) is -0.180. The molecule has 10 heteroatoms. The van der Waals surface area contributed by atoms with Crippen LogP contribution in [-0.2, 0) is 16.1 Å². The van der Waals surface area contributed by atoms with Gasteiger partial charge in [0, 0.05) is 35.9 Å². The number of aryl methyl sites for hydroxylation is 1. The predicted octanol–water partition coefficient (Wildman–Crippen LogP) is 4.74. The van der Waals surface area contributed by atoms with E-state index in [9.17, 15) is 19.5 Å². The third kappa shape index (κ3) is 6.04. The number of carbonyl (C=O) groups excluding carboxylic acids is 1. The number of carboxylic acids is 1. The number of carbonyl (C=O) groups is 2. The number of benzene rings is 1. The molecular formula is C28H36ClN5O4. The Morgan fingerprint density at radius 1 is 1.16 bits per heavy atom. The van der Waals surface area contributed by atoms with Gasteiger partial charge in [-0.1, -0.05) is 63.3 Å². The Balaban J connectivity index is 1.72. The number of aliphatic carboxylic acids is 1. The number of aromatic nitrogens is 3. The zero-order valence-corrected chi connectivity index (χ0v) is 22.8. The van der Waals surface area contributed by atoms with Gasteiger partial charge in [0.05, 0.1) is 5.69 Å². The first kappa shape index (κ1) is 27.7. The summed E-state index contributed by atoms with van der Waals surface area (Å²) >= 11 is 6.06. The first-order chi connectivity index (χ1) is 18.3. The lowest BCUT2D eigenvalue weighted by atomic mass is 10.1. The highest BCUT2D eigenvalue weighted by atomic mass is 35.5. The molecule has 3 heterocycles. The van der Waals surface area contributed by atoms with Gasteiger partial charge in [-0.2, -0.15) is 0 Å². The summed E-state index contributed by atoms with van der Waals surface area (Å²) in [6, 6.07) is 7.42. The van der Waals surface area contributed by atoms with E-state index in [4.69, 9.17) is 16.6 Å². The number of nitrogens with one attached hydrogen (secondary N) is 1. The second-order valence-electron chi connectivity index (χ2n) is 9.90. The van der Waals surface area contributed by atoms with E-state index in [1.54, 1.807) is 28.8 Å². The van der Waals surface area contributed by atoms with Crippen molar-refractivity contribution < 1.29 is 14.7 Å². The van der Waals surface area contributed by atoms with Gasteiger partial charge in [-0.3, -0.25) is 18.6 Å². The highest BCUT2D eigenvalue weighted by molar-refractivity contribution is 6.30. The molecule has 0 bridgehead atoms. The molecule has 0 spiro atoms. The number of carboxylic acid groups (broad SMARTS) is 1. The molecule has 204 valence electrons. The average Bonchev–Trinajstić information content (AvgIpc) is 3.56. The number of halogens is 1. The molecule has 9 nitrogen and oxygen atoms in total. The SMILES string of the molecule is CCCCCn1c(N2CCC[C@H]2C(=O)N[C@H](CCCC)C(=O)O)cc(=O)n2cc(-c3ccc(Cl)cc3)nc12. The van der Waals surface area contributed by atoms with E-state index < -0.39 is 18.1 Å². The van der Waals surface area contributed by atoms with E-state index in [2.05, 4.69) is 12.2 Å². The minimum Gasteiger partial charge on any atom is -0.480 e. The molecular weight excluding hydrogens is 506 g/mol. The number of rotatable bonds is 12. The fraction of sp³-hybridized carbons (Fsp3) is 0.500. The molecule has 4 rings (SSSR count). The second kappa shape index (κ2) is 12.5. The Kier molecular flexibility index (Phi) is 9.09. The van der Waals surface area contributed by atoms with Gasteiger partial charge >= 0.3 is 5.97 Å². The highest BCUT2D eigenvalue weighted by Crippen LogP contribution is 2.28. The number of imidazole rings is 1. The van der Waals surface area contributed by atoms with Crippen molar-refractivity contribution in [2.24, 2.45) is 0 Å².